The molecule has 0 aliphatic carbocycles. The van der Waals surface area contributed by atoms with E-state index >= 15 is 0 Å². The lowest BCUT2D eigenvalue weighted by Gasteiger charge is -2.13. The van der Waals surface area contributed by atoms with Gasteiger partial charge in [0.15, 0.2) is 5.11 Å². The van der Waals surface area contributed by atoms with Crippen molar-refractivity contribution in [2.75, 3.05) is 10.6 Å². The third-order valence-electron chi connectivity index (χ3n) is 3.64. The van der Waals surface area contributed by atoms with Crippen molar-refractivity contribution >= 4 is 74.7 Å². The molecule has 2 amide bonds. The molecule has 0 saturated carbocycles. The third-order valence-corrected chi connectivity index (χ3v) is 5.33. The van der Waals surface area contributed by atoms with Gasteiger partial charge in [-0.05, 0) is 84.0 Å². The summed E-state index contributed by atoms with van der Waals surface area (Å²) < 4.78 is 0.998. The molecule has 0 spiro atoms. The maximum absolute atomic E-state index is 12.3. The standard InChI is InChI=1S/C19H19ClIN3O2S/c1-3-4-17(25)22-13-7-8-14(20)16(10-13)23-19(27)24-18(26)12-6-5-11(2)15(21)9-12/h5-10H,3-4H2,1-2H3,(H,22,25)(H2,23,24,26,27). The SMILES string of the molecule is CCCC(=O)Nc1ccc(Cl)c(NC(=S)NC(=O)c2ccc(C)c(I)c2)c1. The van der Waals surface area contributed by atoms with Crippen molar-refractivity contribution in [3.63, 3.8) is 0 Å². The predicted octanol–water partition coefficient (Wildman–Crippen LogP) is 5.12. The Morgan fingerprint density at radius 2 is 1.89 bits per heavy atom. The zero-order valence-corrected chi connectivity index (χ0v) is 18.6. The summed E-state index contributed by atoms with van der Waals surface area (Å²) in [6, 6.07) is 10.4. The highest BCUT2D eigenvalue weighted by Gasteiger charge is 2.11. The molecule has 0 heterocycles. The van der Waals surface area contributed by atoms with Crippen LogP contribution in [0.25, 0.3) is 0 Å². The van der Waals surface area contributed by atoms with Crippen molar-refractivity contribution in [3.8, 4) is 0 Å². The second kappa shape index (κ2) is 10.0. The average molecular weight is 516 g/mol. The van der Waals surface area contributed by atoms with Crippen LogP contribution in [0, 0.1) is 10.5 Å². The number of hydrogen-bond acceptors (Lipinski definition) is 3. The molecule has 2 rings (SSSR count). The summed E-state index contributed by atoms with van der Waals surface area (Å²) in [4.78, 5) is 24.1. The lowest BCUT2D eigenvalue weighted by molar-refractivity contribution is -0.116. The van der Waals surface area contributed by atoms with Gasteiger partial charge in [-0.1, -0.05) is 24.6 Å². The van der Waals surface area contributed by atoms with Crippen molar-refractivity contribution < 1.29 is 9.59 Å². The summed E-state index contributed by atoms with van der Waals surface area (Å²) in [5, 5.41) is 8.86. The molecule has 3 N–H and O–H groups in total. The molecule has 142 valence electrons. The Bertz CT molecular complexity index is 889. The van der Waals surface area contributed by atoms with Gasteiger partial charge in [0.05, 0.1) is 10.7 Å². The number of nitrogens with one attached hydrogen (secondary N) is 3. The predicted molar refractivity (Wildman–Crippen MR) is 123 cm³/mol. The highest BCUT2D eigenvalue weighted by molar-refractivity contribution is 14.1. The Labute approximate surface area is 182 Å². The minimum atomic E-state index is -0.311. The highest BCUT2D eigenvalue weighted by atomic mass is 127. The summed E-state index contributed by atoms with van der Waals surface area (Å²) in [6.45, 7) is 3.91. The van der Waals surface area contributed by atoms with Crippen molar-refractivity contribution in [1.29, 1.82) is 0 Å². The zero-order chi connectivity index (χ0) is 20.0. The summed E-state index contributed by atoms with van der Waals surface area (Å²) >= 11 is 13.6. The molecule has 0 aliphatic rings. The Morgan fingerprint density at radius 1 is 1.15 bits per heavy atom. The van der Waals surface area contributed by atoms with E-state index < -0.39 is 0 Å². The molecule has 5 nitrogen and oxygen atoms in total. The van der Waals surface area contributed by atoms with Crippen LogP contribution in [0.2, 0.25) is 5.02 Å². The van der Waals surface area contributed by atoms with Crippen LogP contribution in [0.3, 0.4) is 0 Å². The van der Waals surface area contributed by atoms with E-state index in [2.05, 4.69) is 38.5 Å². The quantitative estimate of drug-likeness (QED) is 0.382. The molecule has 0 fully saturated rings. The van der Waals surface area contributed by atoms with Crippen molar-refractivity contribution in [2.24, 2.45) is 0 Å². The zero-order valence-electron chi connectivity index (χ0n) is 14.9. The van der Waals surface area contributed by atoms with Crippen molar-refractivity contribution in [1.82, 2.24) is 5.32 Å². The van der Waals surface area contributed by atoms with E-state index in [0.29, 0.717) is 28.4 Å². The first-order valence-electron chi connectivity index (χ1n) is 8.28. The molecule has 0 atom stereocenters. The van der Waals surface area contributed by atoms with E-state index in [1.165, 1.54) is 0 Å². The molecular formula is C19H19ClIN3O2S. The van der Waals surface area contributed by atoms with Gasteiger partial charge in [-0.25, -0.2) is 0 Å². The Kier molecular flexibility index (Phi) is 8.00. The van der Waals surface area contributed by atoms with E-state index in [-0.39, 0.29) is 16.9 Å². The fourth-order valence-corrected chi connectivity index (χ4v) is 3.10. The third kappa shape index (κ3) is 6.44. The minimum absolute atomic E-state index is 0.0735. The number of hydrogen-bond donors (Lipinski definition) is 3. The number of halogens is 2. The molecule has 0 aromatic heterocycles. The minimum Gasteiger partial charge on any atom is -0.331 e. The van der Waals surface area contributed by atoms with Gasteiger partial charge in [-0.15, -0.1) is 0 Å². The lowest BCUT2D eigenvalue weighted by Crippen LogP contribution is -2.34. The van der Waals surface area contributed by atoms with Crippen LogP contribution >= 0.6 is 46.4 Å². The second-order valence-electron chi connectivity index (χ2n) is 5.87. The first-order chi connectivity index (χ1) is 12.8. The van der Waals surface area contributed by atoms with Crippen LogP contribution in [0.4, 0.5) is 11.4 Å². The van der Waals surface area contributed by atoms with Gasteiger partial charge in [0.1, 0.15) is 0 Å². The number of amides is 2. The Balaban J connectivity index is 2.05. The van der Waals surface area contributed by atoms with Gasteiger partial charge in [0, 0.05) is 21.2 Å². The molecule has 27 heavy (non-hydrogen) atoms. The van der Waals surface area contributed by atoms with Crippen LogP contribution in [0.15, 0.2) is 36.4 Å². The van der Waals surface area contributed by atoms with Gasteiger partial charge < -0.3 is 10.6 Å². The summed E-state index contributed by atoms with van der Waals surface area (Å²) in [5.74, 6) is -0.385. The number of thiocarbonyl (C=S) groups is 1. The van der Waals surface area contributed by atoms with E-state index in [9.17, 15) is 9.59 Å². The maximum atomic E-state index is 12.3. The van der Waals surface area contributed by atoms with Crippen LogP contribution < -0.4 is 16.0 Å². The second-order valence-corrected chi connectivity index (χ2v) is 7.84. The summed E-state index contributed by atoms with van der Waals surface area (Å²) in [5.41, 5.74) is 2.71. The average Bonchev–Trinajstić information content (AvgIpc) is 2.60. The Morgan fingerprint density at radius 3 is 2.56 bits per heavy atom. The normalized spacial score (nSPS) is 10.2. The fraction of sp³-hybridized carbons (Fsp3) is 0.211. The number of rotatable bonds is 5. The Hall–Kier alpha value is -1.71. The number of carbonyl (C=O) groups is 2. The van der Waals surface area contributed by atoms with E-state index in [1.54, 1.807) is 30.3 Å². The van der Waals surface area contributed by atoms with Crippen molar-refractivity contribution in [2.45, 2.75) is 26.7 Å². The molecule has 2 aromatic rings. The van der Waals surface area contributed by atoms with Gasteiger partial charge in [-0.2, -0.15) is 0 Å². The maximum Gasteiger partial charge on any atom is 0.257 e. The van der Waals surface area contributed by atoms with Gasteiger partial charge in [0.2, 0.25) is 5.91 Å². The topological polar surface area (TPSA) is 70.2 Å². The molecule has 0 bridgehead atoms. The molecule has 0 aliphatic heterocycles. The highest BCUT2D eigenvalue weighted by Crippen LogP contribution is 2.25. The van der Waals surface area contributed by atoms with Crippen LogP contribution in [-0.4, -0.2) is 16.9 Å². The largest absolute Gasteiger partial charge is 0.331 e. The number of carbonyl (C=O) groups excluding carboxylic acids is 2. The lowest BCUT2D eigenvalue weighted by atomic mass is 10.1. The van der Waals surface area contributed by atoms with Crippen LogP contribution in [0.5, 0.6) is 0 Å². The number of aryl methyl sites for hydroxylation is 1. The summed E-state index contributed by atoms with van der Waals surface area (Å²) in [7, 11) is 0. The number of benzene rings is 2. The molecular weight excluding hydrogens is 497 g/mol. The molecule has 8 heteroatoms. The van der Waals surface area contributed by atoms with E-state index in [4.69, 9.17) is 23.8 Å². The molecule has 0 saturated heterocycles. The molecule has 0 unspecified atom stereocenters. The first-order valence-corrected chi connectivity index (χ1v) is 10.1. The summed E-state index contributed by atoms with van der Waals surface area (Å²) in [6.07, 6.45) is 1.20. The van der Waals surface area contributed by atoms with Crippen LogP contribution in [-0.2, 0) is 4.79 Å². The van der Waals surface area contributed by atoms with E-state index in [0.717, 1.165) is 15.6 Å². The smallest absolute Gasteiger partial charge is 0.257 e. The fourth-order valence-electron chi connectivity index (χ4n) is 2.21. The van der Waals surface area contributed by atoms with Crippen molar-refractivity contribution in [3.05, 3.63) is 56.1 Å². The molecule has 0 radical (unpaired) electrons. The number of anilines is 2. The monoisotopic (exact) mass is 515 g/mol. The van der Waals surface area contributed by atoms with Gasteiger partial charge in [-0.3, -0.25) is 14.9 Å². The molecule has 2 aromatic carbocycles. The van der Waals surface area contributed by atoms with Crippen LogP contribution in [0.1, 0.15) is 35.7 Å². The van der Waals surface area contributed by atoms with Gasteiger partial charge >= 0.3 is 0 Å². The van der Waals surface area contributed by atoms with Gasteiger partial charge in [0.25, 0.3) is 5.91 Å². The van der Waals surface area contributed by atoms with E-state index in [1.807, 2.05) is 19.9 Å². The first kappa shape index (κ1) is 21.6.